The Kier molecular flexibility index (Phi) is 5.22. The van der Waals surface area contributed by atoms with Crippen molar-refractivity contribution in [2.45, 2.75) is 43.9 Å². The standard InChI is InChI=1S/C15H23FN2O2S/c1-11-5-7-12(8-6-11)9-10-18-21(19,20)14-4-2-3-13(16)15(14)17/h2-4,11-12,18H,5-10,17H2,1H3. The first kappa shape index (κ1) is 16.2. The number of para-hydroxylation sites is 1. The van der Waals surface area contributed by atoms with Crippen molar-refractivity contribution in [3.05, 3.63) is 24.0 Å². The molecule has 118 valence electrons. The Morgan fingerprint density at radius 3 is 2.62 bits per heavy atom. The smallest absolute Gasteiger partial charge is 0.242 e. The minimum absolute atomic E-state index is 0.181. The molecule has 0 saturated heterocycles. The molecule has 0 atom stereocenters. The zero-order valence-corrected chi connectivity index (χ0v) is 13.1. The van der Waals surface area contributed by atoms with E-state index in [0.717, 1.165) is 31.2 Å². The summed E-state index contributed by atoms with van der Waals surface area (Å²) < 4.78 is 40.2. The quantitative estimate of drug-likeness (QED) is 0.821. The van der Waals surface area contributed by atoms with Gasteiger partial charge in [-0.25, -0.2) is 17.5 Å². The molecule has 1 saturated carbocycles. The summed E-state index contributed by atoms with van der Waals surface area (Å²) in [6, 6.07) is 3.82. The minimum Gasteiger partial charge on any atom is -0.395 e. The van der Waals surface area contributed by atoms with Gasteiger partial charge in [-0.2, -0.15) is 0 Å². The summed E-state index contributed by atoms with van der Waals surface area (Å²) >= 11 is 0. The monoisotopic (exact) mass is 314 g/mol. The number of anilines is 1. The summed E-state index contributed by atoms with van der Waals surface area (Å²) in [7, 11) is -3.74. The first-order chi connectivity index (χ1) is 9.90. The predicted molar refractivity (Wildman–Crippen MR) is 81.7 cm³/mol. The van der Waals surface area contributed by atoms with Crippen LogP contribution in [0.2, 0.25) is 0 Å². The molecule has 0 aliphatic heterocycles. The van der Waals surface area contributed by atoms with Gasteiger partial charge in [0.05, 0.1) is 5.69 Å². The topological polar surface area (TPSA) is 72.2 Å². The van der Waals surface area contributed by atoms with E-state index < -0.39 is 15.8 Å². The molecule has 1 aliphatic carbocycles. The van der Waals surface area contributed by atoms with Crippen LogP contribution in [0.25, 0.3) is 0 Å². The summed E-state index contributed by atoms with van der Waals surface area (Å²) in [6.07, 6.45) is 5.57. The van der Waals surface area contributed by atoms with Crippen molar-refractivity contribution >= 4 is 15.7 Å². The van der Waals surface area contributed by atoms with Crippen LogP contribution in [0.5, 0.6) is 0 Å². The van der Waals surface area contributed by atoms with Crippen LogP contribution in [0.3, 0.4) is 0 Å². The Morgan fingerprint density at radius 1 is 1.29 bits per heavy atom. The van der Waals surface area contributed by atoms with Gasteiger partial charge in [0.25, 0.3) is 0 Å². The van der Waals surface area contributed by atoms with Crippen LogP contribution in [-0.4, -0.2) is 15.0 Å². The van der Waals surface area contributed by atoms with Crippen molar-refractivity contribution in [1.29, 1.82) is 0 Å². The highest BCUT2D eigenvalue weighted by atomic mass is 32.2. The number of benzene rings is 1. The summed E-state index contributed by atoms with van der Waals surface area (Å²) in [5.41, 5.74) is 5.18. The third-order valence-corrected chi connectivity index (χ3v) is 5.80. The number of nitrogens with two attached hydrogens (primary N) is 1. The van der Waals surface area contributed by atoms with Gasteiger partial charge in [0, 0.05) is 6.54 Å². The van der Waals surface area contributed by atoms with E-state index in [2.05, 4.69) is 11.6 Å². The van der Waals surface area contributed by atoms with Gasteiger partial charge >= 0.3 is 0 Å². The van der Waals surface area contributed by atoms with Gasteiger partial charge < -0.3 is 5.73 Å². The maximum absolute atomic E-state index is 13.3. The summed E-state index contributed by atoms with van der Waals surface area (Å²) in [5.74, 6) is 0.651. The summed E-state index contributed by atoms with van der Waals surface area (Å²) in [5, 5.41) is 0. The van der Waals surface area contributed by atoms with Crippen LogP contribution in [0.1, 0.15) is 39.0 Å². The molecule has 0 heterocycles. The average molecular weight is 314 g/mol. The Hall–Kier alpha value is -1.14. The van der Waals surface area contributed by atoms with E-state index in [1.54, 1.807) is 0 Å². The highest BCUT2D eigenvalue weighted by molar-refractivity contribution is 7.89. The first-order valence-electron chi connectivity index (χ1n) is 7.44. The van der Waals surface area contributed by atoms with E-state index in [1.165, 1.54) is 25.0 Å². The average Bonchev–Trinajstić information content (AvgIpc) is 2.44. The van der Waals surface area contributed by atoms with Crippen molar-refractivity contribution < 1.29 is 12.8 Å². The van der Waals surface area contributed by atoms with Gasteiger partial charge in [0.1, 0.15) is 10.7 Å². The number of hydrogen-bond acceptors (Lipinski definition) is 3. The number of rotatable bonds is 5. The van der Waals surface area contributed by atoms with Crippen LogP contribution in [0.4, 0.5) is 10.1 Å². The molecule has 6 heteroatoms. The lowest BCUT2D eigenvalue weighted by molar-refractivity contribution is 0.278. The molecule has 0 bridgehead atoms. The van der Waals surface area contributed by atoms with Crippen molar-refractivity contribution in [1.82, 2.24) is 4.72 Å². The molecule has 21 heavy (non-hydrogen) atoms. The van der Waals surface area contributed by atoms with E-state index >= 15 is 0 Å². The molecule has 2 rings (SSSR count). The van der Waals surface area contributed by atoms with Crippen molar-refractivity contribution in [3.63, 3.8) is 0 Å². The molecule has 0 amide bonds. The molecule has 1 aromatic rings. The largest absolute Gasteiger partial charge is 0.395 e. The van der Waals surface area contributed by atoms with Crippen molar-refractivity contribution in [2.24, 2.45) is 11.8 Å². The van der Waals surface area contributed by atoms with E-state index in [9.17, 15) is 12.8 Å². The van der Waals surface area contributed by atoms with Crippen molar-refractivity contribution in [2.75, 3.05) is 12.3 Å². The third kappa shape index (κ3) is 4.17. The van der Waals surface area contributed by atoms with Crippen LogP contribution in [0, 0.1) is 17.7 Å². The highest BCUT2D eigenvalue weighted by Gasteiger charge is 2.21. The summed E-state index contributed by atoms with van der Waals surface area (Å²) in [4.78, 5) is -0.181. The fourth-order valence-electron chi connectivity index (χ4n) is 2.84. The van der Waals surface area contributed by atoms with E-state index in [-0.39, 0.29) is 10.6 Å². The number of nitrogen functional groups attached to an aromatic ring is 1. The number of nitrogens with one attached hydrogen (secondary N) is 1. The second-order valence-corrected chi connectivity index (χ2v) is 7.70. The van der Waals surface area contributed by atoms with Gasteiger partial charge in [-0.15, -0.1) is 0 Å². The Balaban J connectivity index is 1.91. The molecule has 0 unspecified atom stereocenters. The Labute approximate surface area is 126 Å². The fourth-order valence-corrected chi connectivity index (χ4v) is 4.03. The SMILES string of the molecule is CC1CCC(CCNS(=O)(=O)c2cccc(F)c2N)CC1. The lowest BCUT2D eigenvalue weighted by Crippen LogP contribution is -2.28. The fraction of sp³-hybridized carbons (Fsp3) is 0.600. The maximum atomic E-state index is 13.3. The molecule has 0 aromatic heterocycles. The van der Waals surface area contributed by atoms with Gasteiger partial charge in [-0.3, -0.25) is 0 Å². The highest BCUT2D eigenvalue weighted by Crippen LogP contribution is 2.30. The summed E-state index contributed by atoms with van der Waals surface area (Å²) in [6.45, 7) is 2.63. The third-order valence-electron chi connectivity index (χ3n) is 4.28. The minimum atomic E-state index is -3.74. The van der Waals surface area contributed by atoms with Crippen LogP contribution in [-0.2, 0) is 10.0 Å². The van der Waals surface area contributed by atoms with Crippen LogP contribution >= 0.6 is 0 Å². The predicted octanol–water partition coefficient (Wildman–Crippen LogP) is 2.90. The lowest BCUT2D eigenvalue weighted by Gasteiger charge is -2.26. The number of sulfonamides is 1. The number of hydrogen-bond donors (Lipinski definition) is 2. The molecule has 1 aliphatic rings. The van der Waals surface area contributed by atoms with Crippen molar-refractivity contribution in [3.8, 4) is 0 Å². The van der Waals surface area contributed by atoms with Crippen LogP contribution in [0.15, 0.2) is 23.1 Å². The van der Waals surface area contributed by atoms with Gasteiger partial charge in [-0.1, -0.05) is 38.7 Å². The molecule has 0 radical (unpaired) electrons. The van der Waals surface area contributed by atoms with Crippen LogP contribution < -0.4 is 10.5 Å². The van der Waals surface area contributed by atoms with E-state index in [4.69, 9.17) is 5.73 Å². The second-order valence-electron chi connectivity index (χ2n) is 5.96. The molecular formula is C15H23FN2O2S. The maximum Gasteiger partial charge on any atom is 0.242 e. The van der Waals surface area contributed by atoms with Gasteiger partial charge in [0.15, 0.2) is 0 Å². The molecular weight excluding hydrogens is 291 g/mol. The molecule has 1 fully saturated rings. The first-order valence-corrected chi connectivity index (χ1v) is 8.92. The normalized spacial score (nSPS) is 23.1. The molecule has 1 aromatic carbocycles. The zero-order chi connectivity index (χ0) is 15.5. The molecule has 4 nitrogen and oxygen atoms in total. The second kappa shape index (κ2) is 6.75. The molecule has 0 spiro atoms. The molecule has 3 N–H and O–H groups in total. The van der Waals surface area contributed by atoms with E-state index in [0.29, 0.717) is 12.5 Å². The van der Waals surface area contributed by atoms with E-state index in [1.807, 2.05) is 0 Å². The van der Waals surface area contributed by atoms with Gasteiger partial charge in [0.2, 0.25) is 10.0 Å². The Bertz CT molecular complexity index is 581. The Morgan fingerprint density at radius 2 is 1.95 bits per heavy atom. The zero-order valence-electron chi connectivity index (χ0n) is 12.3. The number of halogens is 1. The van der Waals surface area contributed by atoms with Gasteiger partial charge in [-0.05, 0) is 30.4 Å². The lowest BCUT2D eigenvalue weighted by atomic mass is 9.81.